The average Bonchev–Trinajstić information content (AvgIpc) is 2.95. The van der Waals surface area contributed by atoms with Gasteiger partial charge in [-0.1, -0.05) is 13.3 Å². The van der Waals surface area contributed by atoms with Crippen molar-refractivity contribution in [1.29, 1.82) is 0 Å². The Morgan fingerprint density at radius 2 is 2.42 bits per heavy atom. The summed E-state index contributed by atoms with van der Waals surface area (Å²) >= 11 is 0. The second-order valence-corrected chi connectivity index (χ2v) is 5.01. The summed E-state index contributed by atoms with van der Waals surface area (Å²) in [5, 5.41) is 9.89. The highest BCUT2D eigenvalue weighted by atomic mass is 16.2. The molecular formula is C14H18N4O. The molecule has 5 heteroatoms. The number of anilines is 1. The van der Waals surface area contributed by atoms with Gasteiger partial charge in [0.1, 0.15) is 5.69 Å². The van der Waals surface area contributed by atoms with E-state index in [4.69, 9.17) is 0 Å². The zero-order valence-corrected chi connectivity index (χ0v) is 11.0. The quantitative estimate of drug-likeness (QED) is 0.866. The number of rotatable bonds is 5. The molecule has 2 aromatic heterocycles. The molecule has 5 nitrogen and oxygen atoms in total. The van der Waals surface area contributed by atoms with Gasteiger partial charge in [-0.15, -0.1) is 0 Å². The molecule has 2 heterocycles. The van der Waals surface area contributed by atoms with Crippen LogP contribution in [0.25, 0.3) is 0 Å². The highest BCUT2D eigenvalue weighted by Crippen LogP contribution is 2.36. The fraction of sp³-hybridized carbons (Fsp3) is 0.429. The van der Waals surface area contributed by atoms with Crippen LogP contribution in [0.5, 0.6) is 0 Å². The molecule has 0 unspecified atom stereocenters. The van der Waals surface area contributed by atoms with Crippen LogP contribution in [0.2, 0.25) is 0 Å². The van der Waals surface area contributed by atoms with Gasteiger partial charge in [0, 0.05) is 24.0 Å². The van der Waals surface area contributed by atoms with Gasteiger partial charge in [-0.25, -0.2) is 0 Å². The summed E-state index contributed by atoms with van der Waals surface area (Å²) in [4.78, 5) is 12.2. The highest BCUT2D eigenvalue weighted by molar-refractivity contribution is 6.02. The Labute approximate surface area is 112 Å². The second-order valence-electron chi connectivity index (χ2n) is 5.01. The lowest BCUT2D eigenvalue weighted by Gasteiger charge is -2.06. The number of carbonyl (C=O) groups excluding carboxylic acids is 1. The molecule has 1 amide bonds. The van der Waals surface area contributed by atoms with Gasteiger partial charge >= 0.3 is 0 Å². The van der Waals surface area contributed by atoms with Gasteiger partial charge in [-0.05, 0) is 31.4 Å². The number of amides is 1. The number of aromatic amines is 1. The molecule has 1 aliphatic carbocycles. The molecule has 19 heavy (non-hydrogen) atoms. The first-order chi connectivity index (χ1) is 9.28. The maximum absolute atomic E-state index is 12.2. The van der Waals surface area contributed by atoms with Crippen molar-refractivity contribution in [3.63, 3.8) is 0 Å². The fourth-order valence-electron chi connectivity index (χ4n) is 2.26. The molecule has 0 radical (unpaired) electrons. The molecule has 0 bridgehead atoms. The van der Waals surface area contributed by atoms with Gasteiger partial charge < -0.3 is 9.88 Å². The van der Waals surface area contributed by atoms with Crippen molar-refractivity contribution >= 4 is 11.7 Å². The zero-order chi connectivity index (χ0) is 13.2. The second kappa shape index (κ2) is 4.91. The predicted octanol–water partition coefficient (Wildman–Crippen LogP) is 2.75. The van der Waals surface area contributed by atoms with Crippen LogP contribution in [-0.4, -0.2) is 20.7 Å². The number of hydrogen-bond acceptors (Lipinski definition) is 2. The summed E-state index contributed by atoms with van der Waals surface area (Å²) in [7, 11) is 0. The molecule has 3 rings (SSSR count). The topological polar surface area (TPSA) is 62.7 Å². The predicted molar refractivity (Wildman–Crippen MR) is 73.2 cm³/mol. The van der Waals surface area contributed by atoms with E-state index in [9.17, 15) is 4.79 Å². The third-order valence-electron chi connectivity index (χ3n) is 3.34. The first-order valence-electron chi connectivity index (χ1n) is 6.80. The van der Waals surface area contributed by atoms with E-state index in [1.54, 1.807) is 0 Å². The lowest BCUT2D eigenvalue weighted by molar-refractivity contribution is 0.101. The van der Waals surface area contributed by atoms with E-state index in [1.165, 1.54) is 0 Å². The van der Waals surface area contributed by atoms with Gasteiger partial charge in [-0.3, -0.25) is 9.89 Å². The standard InChI is InChI=1S/C14H18N4O/c1-2-4-10-9-13(17-16-10)15-14(19)12-5-3-8-18(12)11-6-7-11/h3,5,8-9,11H,2,4,6-7H2,1H3,(H2,15,16,17,19). The largest absolute Gasteiger partial charge is 0.340 e. The molecule has 0 spiro atoms. The number of carbonyl (C=O) groups is 1. The number of aryl methyl sites for hydroxylation is 1. The SMILES string of the molecule is CCCc1cc(NC(=O)c2cccn2C2CC2)n[nH]1. The molecule has 2 aromatic rings. The van der Waals surface area contributed by atoms with Crippen molar-refractivity contribution in [3.05, 3.63) is 35.8 Å². The number of nitrogens with one attached hydrogen (secondary N) is 2. The Hall–Kier alpha value is -2.04. The maximum Gasteiger partial charge on any atom is 0.273 e. The molecule has 0 saturated heterocycles. The van der Waals surface area contributed by atoms with Gasteiger partial charge in [0.25, 0.3) is 5.91 Å². The van der Waals surface area contributed by atoms with Crippen molar-refractivity contribution in [2.45, 2.75) is 38.6 Å². The molecule has 2 N–H and O–H groups in total. The van der Waals surface area contributed by atoms with E-state index >= 15 is 0 Å². The van der Waals surface area contributed by atoms with Crippen molar-refractivity contribution in [3.8, 4) is 0 Å². The minimum Gasteiger partial charge on any atom is -0.340 e. The first kappa shape index (κ1) is 12.0. The van der Waals surface area contributed by atoms with Crippen molar-refractivity contribution in [1.82, 2.24) is 14.8 Å². The van der Waals surface area contributed by atoms with Crippen LogP contribution in [0.4, 0.5) is 5.82 Å². The summed E-state index contributed by atoms with van der Waals surface area (Å²) in [6.07, 6.45) is 6.30. The minimum absolute atomic E-state index is 0.0913. The van der Waals surface area contributed by atoms with Crippen LogP contribution >= 0.6 is 0 Å². The molecule has 0 aromatic carbocycles. The zero-order valence-electron chi connectivity index (χ0n) is 11.0. The molecule has 0 atom stereocenters. The van der Waals surface area contributed by atoms with Crippen LogP contribution in [0.3, 0.4) is 0 Å². The Balaban J connectivity index is 1.71. The monoisotopic (exact) mass is 258 g/mol. The normalized spacial score (nSPS) is 14.6. The molecule has 0 aliphatic heterocycles. The van der Waals surface area contributed by atoms with Gasteiger partial charge in [0.05, 0.1) is 0 Å². The molecule has 100 valence electrons. The highest BCUT2D eigenvalue weighted by Gasteiger charge is 2.26. The smallest absolute Gasteiger partial charge is 0.273 e. The molecule has 1 aliphatic rings. The van der Waals surface area contributed by atoms with E-state index in [1.807, 2.05) is 24.4 Å². The number of aromatic nitrogens is 3. The van der Waals surface area contributed by atoms with E-state index in [0.717, 1.165) is 31.4 Å². The average molecular weight is 258 g/mol. The Kier molecular flexibility index (Phi) is 3.11. The van der Waals surface area contributed by atoms with Crippen LogP contribution in [-0.2, 0) is 6.42 Å². The third-order valence-corrected chi connectivity index (χ3v) is 3.34. The van der Waals surface area contributed by atoms with Crippen LogP contribution in [0.1, 0.15) is 48.4 Å². The van der Waals surface area contributed by atoms with Gasteiger partial charge in [0.15, 0.2) is 5.82 Å². The summed E-state index contributed by atoms with van der Waals surface area (Å²) in [6.45, 7) is 2.11. The van der Waals surface area contributed by atoms with Crippen LogP contribution in [0, 0.1) is 0 Å². The number of hydrogen-bond donors (Lipinski definition) is 2. The van der Waals surface area contributed by atoms with Gasteiger partial charge in [0.2, 0.25) is 0 Å². The Morgan fingerprint density at radius 1 is 1.58 bits per heavy atom. The molecule has 1 fully saturated rings. The fourth-order valence-corrected chi connectivity index (χ4v) is 2.26. The van der Waals surface area contributed by atoms with E-state index in [0.29, 0.717) is 17.6 Å². The summed E-state index contributed by atoms with van der Waals surface area (Å²) < 4.78 is 2.05. The lowest BCUT2D eigenvalue weighted by atomic mass is 10.2. The van der Waals surface area contributed by atoms with Crippen LogP contribution < -0.4 is 5.32 Å². The van der Waals surface area contributed by atoms with E-state index in [2.05, 4.69) is 27.0 Å². The minimum atomic E-state index is -0.0913. The van der Waals surface area contributed by atoms with Crippen molar-refractivity contribution < 1.29 is 4.79 Å². The summed E-state index contributed by atoms with van der Waals surface area (Å²) in [6, 6.07) is 6.17. The first-order valence-corrected chi connectivity index (χ1v) is 6.80. The van der Waals surface area contributed by atoms with Crippen molar-refractivity contribution in [2.24, 2.45) is 0 Å². The van der Waals surface area contributed by atoms with Crippen LogP contribution in [0.15, 0.2) is 24.4 Å². The van der Waals surface area contributed by atoms with Gasteiger partial charge in [-0.2, -0.15) is 5.10 Å². The van der Waals surface area contributed by atoms with E-state index in [-0.39, 0.29) is 5.91 Å². The summed E-state index contributed by atoms with van der Waals surface area (Å²) in [5.74, 6) is 0.503. The molecular weight excluding hydrogens is 240 g/mol. The third kappa shape index (κ3) is 2.54. The molecule has 1 saturated carbocycles. The Morgan fingerprint density at radius 3 is 3.16 bits per heavy atom. The van der Waals surface area contributed by atoms with Crippen molar-refractivity contribution in [2.75, 3.05) is 5.32 Å². The maximum atomic E-state index is 12.2. The van der Waals surface area contributed by atoms with E-state index < -0.39 is 0 Å². The lowest BCUT2D eigenvalue weighted by Crippen LogP contribution is -2.16. The Bertz CT molecular complexity index is 580. The number of nitrogens with zero attached hydrogens (tertiary/aromatic N) is 2. The number of H-pyrrole nitrogens is 1. The summed E-state index contributed by atoms with van der Waals surface area (Å²) in [5.41, 5.74) is 1.76.